The predicted octanol–water partition coefficient (Wildman–Crippen LogP) is 3.49. The smallest absolute Gasteiger partial charge is 0.337 e. The average molecular weight is 440 g/mol. The van der Waals surface area contributed by atoms with E-state index in [2.05, 4.69) is 5.32 Å². The molecule has 3 aliphatic rings. The van der Waals surface area contributed by atoms with E-state index in [-0.39, 0.29) is 23.6 Å². The first-order valence-corrected chi connectivity index (χ1v) is 11.1. The van der Waals surface area contributed by atoms with E-state index in [0.717, 1.165) is 25.7 Å². The van der Waals surface area contributed by atoms with Crippen molar-refractivity contribution in [1.29, 1.82) is 0 Å². The molecule has 0 radical (unpaired) electrons. The summed E-state index contributed by atoms with van der Waals surface area (Å²) >= 11 is 0. The maximum Gasteiger partial charge on any atom is 0.337 e. The Morgan fingerprint density at radius 2 is 1.91 bits per heavy atom. The fourth-order valence-electron chi connectivity index (χ4n) is 5.21. The summed E-state index contributed by atoms with van der Waals surface area (Å²) in [6.45, 7) is 3.64. The van der Waals surface area contributed by atoms with Crippen LogP contribution in [0.3, 0.4) is 0 Å². The fraction of sp³-hybridized carbons (Fsp3) is 0.480. The van der Waals surface area contributed by atoms with Crippen molar-refractivity contribution in [2.75, 3.05) is 7.11 Å². The van der Waals surface area contributed by atoms with E-state index in [1.807, 2.05) is 6.92 Å². The zero-order valence-electron chi connectivity index (χ0n) is 18.6. The lowest BCUT2D eigenvalue weighted by Gasteiger charge is -2.38. The van der Waals surface area contributed by atoms with Gasteiger partial charge in [0.05, 0.1) is 12.7 Å². The largest absolute Gasteiger partial charge is 0.508 e. The van der Waals surface area contributed by atoms with Gasteiger partial charge in [-0.1, -0.05) is 19.1 Å². The molecule has 1 saturated carbocycles. The molecule has 1 aromatic rings. The van der Waals surface area contributed by atoms with Gasteiger partial charge < -0.3 is 19.9 Å². The van der Waals surface area contributed by atoms with Crippen LogP contribution < -0.4 is 5.32 Å². The van der Waals surface area contributed by atoms with Crippen molar-refractivity contribution >= 4 is 17.7 Å². The van der Waals surface area contributed by atoms with Crippen molar-refractivity contribution in [3.8, 4) is 5.75 Å². The first kappa shape index (κ1) is 22.1. The van der Waals surface area contributed by atoms with E-state index >= 15 is 0 Å². The first-order valence-electron chi connectivity index (χ1n) is 11.1. The highest BCUT2D eigenvalue weighted by Crippen LogP contribution is 2.46. The second-order valence-electron chi connectivity index (χ2n) is 8.94. The molecule has 7 heteroatoms. The molecule has 1 fully saturated rings. The number of carbonyl (C=O) groups is 3. The molecule has 170 valence electrons. The molecule has 2 aliphatic carbocycles. The number of ether oxygens (including phenoxy) is 2. The molecule has 4 rings (SSSR count). The maximum absolute atomic E-state index is 13.6. The van der Waals surface area contributed by atoms with Crippen LogP contribution in [0.15, 0.2) is 46.8 Å². The van der Waals surface area contributed by atoms with E-state index < -0.39 is 23.8 Å². The Morgan fingerprint density at radius 1 is 1.19 bits per heavy atom. The molecule has 1 heterocycles. The van der Waals surface area contributed by atoms with Crippen LogP contribution in [0.2, 0.25) is 0 Å². The zero-order chi connectivity index (χ0) is 23.0. The van der Waals surface area contributed by atoms with Gasteiger partial charge in [-0.25, -0.2) is 4.79 Å². The van der Waals surface area contributed by atoms with E-state index in [9.17, 15) is 19.5 Å². The monoisotopic (exact) mass is 439 g/mol. The summed E-state index contributed by atoms with van der Waals surface area (Å²) in [4.78, 5) is 39.4. The molecule has 0 spiro atoms. The zero-order valence-corrected chi connectivity index (χ0v) is 18.6. The summed E-state index contributed by atoms with van der Waals surface area (Å²) in [6, 6.07) is 6.54. The van der Waals surface area contributed by atoms with Crippen LogP contribution in [0.1, 0.15) is 57.4 Å². The first-order chi connectivity index (χ1) is 15.3. The van der Waals surface area contributed by atoms with Crippen molar-refractivity contribution in [3.05, 3.63) is 52.4 Å². The number of aromatic hydroxyl groups is 1. The van der Waals surface area contributed by atoms with Crippen LogP contribution in [0.5, 0.6) is 5.75 Å². The number of esters is 2. The lowest BCUT2D eigenvalue weighted by atomic mass is 9.69. The third-order valence-corrected chi connectivity index (χ3v) is 6.74. The van der Waals surface area contributed by atoms with Crippen molar-refractivity contribution < 1.29 is 29.0 Å². The lowest BCUT2D eigenvalue weighted by Crippen LogP contribution is -2.43. The Balaban J connectivity index is 1.81. The number of methoxy groups -OCH3 is 1. The normalized spacial score (nSPS) is 26.0. The molecule has 32 heavy (non-hydrogen) atoms. The summed E-state index contributed by atoms with van der Waals surface area (Å²) in [7, 11) is 1.27. The van der Waals surface area contributed by atoms with E-state index in [1.54, 1.807) is 25.1 Å². The number of nitrogens with one attached hydrogen (secondary N) is 1. The molecule has 0 amide bonds. The number of phenols is 1. The molecule has 0 bridgehead atoms. The molecular weight excluding hydrogens is 410 g/mol. The molecule has 2 N–H and O–H groups in total. The van der Waals surface area contributed by atoms with Gasteiger partial charge in [0.2, 0.25) is 0 Å². The number of phenolic OH excluding ortho intramolecular Hbond substituents is 1. The average Bonchev–Trinajstić information content (AvgIpc) is 3.25. The molecule has 3 atom stereocenters. The molecule has 0 unspecified atom stereocenters. The highest BCUT2D eigenvalue weighted by Gasteiger charge is 2.47. The van der Waals surface area contributed by atoms with Crippen LogP contribution in [-0.2, 0) is 23.9 Å². The highest BCUT2D eigenvalue weighted by atomic mass is 16.5. The molecule has 0 aromatic heterocycles. The summed E-state index contributed by atoms with van der Waals surface area (Å²) in [5.74, 6) is -3.29. The van der Waals surface area contributed by atoms with Gasteiger partial charge in [0.15, 0.2) is 5.78 Å². The number of allylic oxidation sites excluding steroid dienone is 3. The maximum atomic E-state index is 13.6. The Kier molecular flexibility index (Phi) is 6.09. The number of hydrogen-bond donors (Lipinski definition) is 2. The number of benzene rings is 1. The van der Waals surface area contributed by atoms with Crippen LogP contribution in [0, 0.1) is 11.8 Å². The van der Waals surface area contributed by atoms with E-state index in [4.69, 9.17) is 9.47 Å². The van der Waals surface area contributed by atoms with Crippen molar-refractivity contribution in [1.82, 2.24) is 5.32 Å². The van der Waals surface area contributed by atoms with Crippen molar-refractivity contribution in [3.63, 3.8) is 0 Å². The van der Waals surface area contributed by atoms with Crippen LogP contribution in [0.4, 0.5) is 0 Å². The number of dihydropyridines is 1. The number of Topliss-reactive ketones (excluding diaryl/α,β-unsaturated/α-hetero) is 1. The van der Waals surface area contributed by atoms with Gasteiger partial charge in [-0.05, 0) is 62.6 Å². The molecule has 0 saturated heterocycles. The summed E-state index contributed by atoms with van der Waals surface area (Å²) < 4.78 is 10.7. The second kappa shape index (κ2) is 8.81. The van der Waals surface area contributed by atoms with Crippen LogP contribution >= 0.6 is 0 Å². The Morgan fingerprint density at radius 3 is 2.56 bits per heavy atom. The highest BCUT2D eigenvalue weighted by molar-refractivity contribution is 6.12. The Hall–Kier alpha value is -3.09. The topological polar surface area (TPSA) is 102 Å². The Labute approximate surface area is 187 Å². The molecule has 1 aromatic carbocycles. The van der Waals surface area contributed by atoms with Crippen LogP contribution in [0.25, 0.3) is 0 Å². The van der Waals surface area contributed by atoms with Gasteiger partial charge in [-0.15, -0.1) is 0 Å². The standard InChI is InChI=1S/C25H29NO6/c1-13-11-18-22(23(28)19(13)24(29)31-3)21(15-7-6-8-16(27)12-15)20(14(2)26-18)25(30)32-17-9-4-5-10-17/h6-8,12-13,17,19,21,26-27H,4-5,9-11H2,1-3H3/t13-,19+,21+/m1/s1. The van der Waals surface area contributed by atoms with Gasteiger partial charge >= 0.3 is 11.9 Å². The fourth-order valence-corrected chi connectivity index (χ4v) is 5.21. The lowest BCUT2D eigenvalue weighted by molar-refractivity contribution is -0.151. The van der Waals surface area contributed by atoms with Crippen LogP contribution in [-0.4, -0.2) is 36.0 Å². The van der Waals surface area contributed by atoms with Gasteiger partial charge in [-0.3, -0.25) is 9.59 Å². The van der Waals surface area contributed by atoms with Gasteiger partial charge in [0.1, 0.15) is 17.8 Å². The third-order valence-electron chi connectivity index (χ3n) is 6.74. The molecular formula is C25H29NO6. The van der Waals surface area contributed by atoms with Crippen molar-refractivity contribution in [2.24, 2.45) is 11.8 Å². The number of ketones is 1. The summed E-state index contributed by atoms with van der Waals surface area (Å²) in [5.41, 5.74) is 2.63. The minimum atomic E-state index is -0.939. The Bertz CT molecular complexity index is 1020. The third kappa shape index (κ3) is 3.92. The minimum Gasteiger partial charge on any atom is -0.508 e. The van der Waals surface area contributed by atoms with Gasteiger partial charge in [-0.2, -0.15) is 0 Å². The van der Waals surface area contributed by atoms with Gasteiger partial charge in [0, 0.05) is 22.9 Å². The number of rotatable bonds is 4. The minimum absolute atomic E-state index is 0.0329. The summed E-state index contributed by atoms with van der Waals surface area (Å²) in [5, 5.41) is 13.4. The molecule has 1 aliphatic heterocycles. The number of hydrogen-bond acceptors (Lipinski definition) is 7. The molecule has 7 nitrogen and oxygen atoms in total. The van der Waals surface area contributed by atoms with E-state index in [0.29, 0.717) is 34.5 Å². The van der Waals surface area contributed by atoms with Gasteiger partial charge in [0.25, 0.3) is 0 Å². The predicted molar refractivity (Wildman–Crippen MR) is 116 cm³/mol. The SMILES string of the molecule is COC(=O)[C@@H]1C(=O)C2=C(C[C@H]1C)NC(C)=C(C(=O)OC1CCCC1)[C@@H]2c1cccc(O)c1. The second-order valence-corrected chi connectivity index (χ2v) is 8.94. The quantitative estimate of drug-likeness (QED) is 0.547. The van der Waals surface area contributed by atoms with Crippen molar-refractivity contribution in [2.45, 2.75) is 58.0 Å². The van der Waals surface area contributed by atoms with E-state index in [1.165, 1.54) is 13.2 Å². The summed E-state index contributed by atoms with van der Waals surface area (Å²) in [6.07, 6.45) is 4.05. The number of carbonyl (C=O) groups excluding carboxylic acids is 3.